The van der Waals surface area contributed by atoms with E-state index < -0.39 is 10.0 Å². The molecule has 1 aromatic heterocycles. The highest BCUT2D eigenvalue weighted by Gasteiger charge is 2.29. The lowest BCUT2D eigenvalue weighted by atomic mass is 9.95. The van der Waals surface area contributed by atoms with Gasteiger partial charge in [-0.3, -0.25) is 4.98 Å². The lowest BCUT2D eigenvalue weighted by Crippen LogP contribution is -2.34. The fourth-order valence-corrected chi connectivity index (χ4v) is 4.46. The Kier molecular flexibility index (Phi) is 4.55. The molecule has 2 aromatic rings. The van der Waals surface area contributed by atoms with E-state index in [1.165, 1.54) is 11.8 Å². The van der Waals surface area contributed by atoms with E-state index >= 15 is 0 Å². The standard InChI is InChI=1S/C17H20N2O2S/c20-22(21,17-10-6-11-18-13-17)19-12-5-4-9-16(14-19)15-7-2-1-3-8-15/h1-3,6-8,10-11,13,16H,4-5,9,12,14H2. The Labute approximate surface area is 131 Å². The molecule has 0 radical (unpaired) electrons. The van der Waals surface area contributed by atoms with E-state index in [-0.39, 0.29) is 10.8 Å². The normalized spacial score (nSPS) is 20.5. The zero-order valence-corrected chi connectivity index (χ0v) is 13.2. The van der Waals surface area contributed by atoms with Crippen LogP contribution in [0.5, 0.6) is 0 Å². The monoisotopic (exact) mass is 316 g/mol. The summed E-state index contributed by atoms with van der Waals surface area (Å²) in [4.78, 5) is 4.22. The van der Waals surface area contributed by atoms with Gasteiger partial charge in [-0.1, -0.05) is 36.8 Å². The molecule has 1 fully saturated rings. The number of sulfonamides is 1. The Hall–Kier alpha value is -1.72. The molecule has 0 spiro atoms. The van der Waals surface area contributed by atoms with Gasteiger partial charge in [0.15, 0.2) is 0 Å². The lowest BCUT2D eigenvalue weighted by molar-refractivity contribution is 0.406. The van der Waals surface area contributed by atoms with Gasteiger partial charge in [-0.05, 0) is 36.5 Å². The summed E-state index contributed by atoms with van der Waals surface area (Å²) in [6, 6.07) is 13.5. The molecule has 0 saturated carbocycles. The van der Waals surface area contributed by atoms with Gasteiger partial charge in [0.2, 0.25) is 10.0 Å². The zero-order valence-electron chi connectivity index (χ0n) is 12.4. The predicted molar refractivity (Wildman–Crippen MR) is 86.0 cm³/mol. The van der Waals surface area contributed by atoms with E-state index in [0.717, 1.165) is 19.3 Å². The van der Waals surface area contributed by atoms with E-state index in [9.17, 15) is 8.42 Å². The molecule has 5 heteroatoms. The maximum absolute atomic E-state index is 12.8. The summed E-state index contributed by atoms with van der Waals surface area (Å²) >= 11 is 0. The van der Waals surface area contributed by atoms with E-state index in [1.54, 1.807) is 22.6 Å². The molecule has 1 saturated heterocycles. The second-order valence-corrected chi connectivity index (χ2v) is 7.59. The molecular formula is C17H20N2O2S. The highest BCUT2D eigenvalue weighted by atomic mass is 32.2. The van der Waals surface area contributed by atoms with Gasteiger partial charge in [-0.25, -0.2) is 8.42 Å². The highest BCUT2D eigenvalue weighted by molar-refractivity contribution is 7.89. The van der Waals surface area contributed by atoms with Crippen LogP contribution in [0.15, 0.2) is 59.8 Å². The second kappa shape index (κ2) is 6.58. The number of pyridine rings is 1. The van der Waals surface area contributed by atoms with Crippen molar-refractivity contribution in [2.24, 2.45) is 0 Å². The minimum absolute atomic E-state index is 0.259. The molecule has 2 heterocycles. The maximum Gasteiger partial charge on any atom is 0.244 e. The number of nitrogens with zero attached hydrogens (tertiary/aromatic N) is 2. The minimum Gasteiger partial charge on any atom is -0.263 e. The summed E-state index contributed by atoms with van der Waals surface area (Å²) in [5, 5.41) is 0. The van der Waals surface area contributed by atoms with Crippen molar-refractivity contribution >= 4 is 10.0 Å². The third-order valence-corrected chi connectivity index (χ3v) is 6.03. The van der Waals surface area contributed by atoms with E-state index in [2.05, 4.69) is 17.1 Å². The SMILES string of the molecule is O=S(=O)(c1cccnc1)N1CCCCC(c2ccccc2)C1. The topological polar surface area (TPSA) is 50.3 Å². The van der Waals surface area contributed by atoms with E-state index in [4.69, 9.17) is 0 Å². The largest absolute Gasteiger partial charge is 0.263 e. The van der Waals surface area contributed by atoms with E-state index in [1.807, 2.05) is 18.2 Å². The van der Waals surface area contributed by atoms with Crippen molar-refractivity contribution in [1.29, 1.82) is 0 Å². The van der Waals surface area contributed by atoms with Crippen molar-refractivity contribution in [1.82, 2.24) is 9.29 Å². The Morgan fingerprint density at radius 2 is 1.86 bits per heavy atom. The summed E-state index contributed by atoms with van der Waals surface area (Å²) in [6.45, 7) is 1.13. The fraction of sp³-hybridized carbons (Fsp3) is 0.353. The smallest absolute Gasteiger partial charge is 0.244 e. The van der Waals surface area contributed by atoms with Crippen LogP contribution in [0.4, 0.5) is 0 Å². The van der Waals surface area contributed by atoms with Gasteiger partial charge in [-0.2, -0.15) is 4.31 Å². The molecule has 116 valence electrons. The average Bonchev–Trinajstić information content (AvgIpc) is 2.83. The summed E-state index contributed by atoms with van der Waals surface area (Å²) in [7, 11) is -3.46. The van der Waals surface area contributed by atoms with Crippen LogP contribution in [0.2, 0.25) is 0 Å². The molecule has 0 bridgehead atoms. The van der Waals surface area contributed by atoms with Crippen molar-refractivity contribution < 1.29 is 8.42 Å². The molecule has 0 amide bonds. The van der Waals surface area contributed by atoms with Gasteiger partial charge in [-0.15, -0.1) is 0 Å². The van der Waals surface area contributed by atoms with Gasteiger partial charge < -0.3 is 0 Å². The van der Waals surface area contributed by atoms with Gasteiger partial charge >= 0.3 is 0 Å². The first-order chi connectivity index (χ1) is 10.7. The first-order valence-electron chi connectivity index (χ1n) is 7.63. The third kappa shape index (κ3) is 3.20. The Morgan fingerprint density at radius 3 is 2.59 bits per heavy atom. The Bertz CT molecular complexity index is 702. The van der Waals surface area contributed by atoms with Crippen molar-refractivity contribution in [3.63, 3.8) is 0 Å². The van der Waals surface area contributed by atoms with E-state index in [0.29, 0.717) is 13.1 Å². The third-order valence-electron chi connectivity index (χ3n) is 4.18. The molecule has 1 atom stereocenters. The van der Waals surface area contributed by atoms with Crippen LogP contribution in [-0.4, -0.2) is 30.8 Å². The van der Waals surface area contributed by atoms with Crippen molar-refractivity contribution in [2.45, 2.75) is 30.1 Å². The molecule has 1 unspecified atom stereocenters. The second-order valence-electron chi connectivity index (χ2n) is 5.66. The minimum atomic E-state index is -3.46. The summed E-state index contributed by atoms with van der Waals surface area (Å²) in [5.74, 6) is 0.259. The van der Waals surface area contributed by atoms with Crippen LogP contribution in [0.3, 0.4) is 0 Å². The molecular weight excluding hydrogens is 296 g/mol. The van der Waals surface area contributed by atoms with Crippen LogP contribution >= 0.6 is 0 Å². The summed E-state index contributed by atoms with van der Waals surface area (Å²) in [6.07, 6.45) is 6.01. The zero-order chi connectivity index (χ0) is 15.4. The predicted octanol–water partition coefficient (Wildman–Crippen LogP) is 3.04. The first kappa shape index (κ1) is 15.2. The first-order valence-corrected chi connectivity index (χ1v) is 9.07. The Morgan fingerprint density at radius 1 is 1.05 bits per heavy atom. The van der Waals surface area contributed by atoms with Crippen molar-refractivity contribution in [3.8, 4) is 0 Å². The molecule has 1 aliphatic rings. The van der Waals surface area contributed by atoms with Gasteiger partial charge in [0, 0.05) is 25.5 Å². The maximum atomic E-state index is 12.8. The van der Waals surface area contributed by atoms with Crippen molar-refractivity contribution in [2.75, 3.05) is 13.1 Å². The molecule has 3 rings (SSSR count). The number of benzene rings is 1. The molecule has 1 aromatic carbocycles. The van der Waals surface area contributed by atoms with Gasteiger partial charge in [0.05, 0.1) is 0 Å². The molecule has 1 aliphatic heterocycles. The van der Waals surface area contributed by atoms with Crippen LogP contribution in [0.25, 0.3) is 0 Å². The lowest BCUT2D eigenvalue weighted by Gasteiger charge is -2.24. The Balaban J connectivity index is 1.87. The summed E-state index contributed by atoms with van der Waals surface area (Å²) < 4.78 is 27.2. The van der Waals surface area contributed by atoms with Crippen LogP contribution in [0.1, 0.15) is 30.7 Å². The highest BCUT2D eigenvalue weighted by Crippen LogP contribution is 2.29. The van der Waals surface area contributed by atoms with Gasteiger partial charge in [0.1, 0.15) is 4.90 Å². The fourth-order valence-electron chi connectivity index (χ4n) is 2.97. The summed E-state index contributed by atoms with van der Waals surface area (Å²) in [5.41, 5.74) is 1.22. The number of hydrogen-bond donors (Lipinski definition) is 0. The molecule has 22 heavy (non-hydrogen) atoms. The van der Waals surface area contributed by atoms with Crippen LogP contribution in [-0.2, 0) is 10.0 Å². The quantitative estimate of drug-likeness (QED) is 0.874. The average molecular weight is 316 g/mol. The molecule has 4 nitrogen and oxygen atoms in total. The number of aromatic nitrogens is 1. The number of hydrogen-bond acceptors (Lipinski definition) is 3. The number of rotatable bonds is 3. The molecule has 0 N–H and O–H groups in total. The van der Waals surface area contributed by atoms with Crippen molar-refractivity contribution in [3.05, 3.63) is 60.4 Å². The van der Waals surface area contributed by atoms with Gasteiger partial charge in [0.25, 0.3) is 0 Å². The van der Waals surface area contributed by atoms with Crippen LogP contribution < -0.4 is 0 Å². The molecule has 0 aliphatic carbocycles. The van der Waals surface area contributed by atoms with Crippen LogP contribution in [0, 0.1) is 0 Å².